The van der Waals surface area contributed by atoms with Crippen molar-refractivity contribution in [3.05, 3.63) is 59.6 Å². The van der Waals surface area contributed by atoms with Gasteiger partial charge in [0.05, 0.1) is 11.7 Å². The lowest BCUT2D eigenvalue weighted by atomic mass is 9.94. The topological polar surface area (TPSA) is 68.1 Å². The Kier molecular flexibility index (Phi) is 5.42. The van der Waals surface area contributed by atoms with Crippen LogP contribution in [0.4, 0.5) is 11.4 Å². The molecule has 0 atom stereocenters. The van der Waals surface area contributed by atoms with Gasteiger partial charge in [0.1, 0.15) is 5.54 Å². The van der Waals surface area contributed by atoms with E-state index in [1.165, 1.54) is 11.8 Å². The van der Waals surface area contributed by atoms with Crippen molar-refractivity contribution in [2.45, 2.75) is 31.2 Å². The number of aliphatic carboxylic acids is 1. The van der Waals surface area contributed by atoms with E-state index in [-0.39, 0.29) is 11.3 Å². The molecule has 144 valence electrons. The number of benzene rings is 2. The molecule has 0 N–H and O–H groups in total. The molecule has 1 aliphatic carbocycles. The molecule has 2 aromatic carbocycles. The summed E-state index contributed by atoms with van der Waals surface area (Å²) in [4.78, 5) is 22.9. The maximum Gasteiger partial charge on any atom is 0.171 e. The molecule has 0 radical (unpaired) electrons. The molecule has 1 aliphatic heterocycles. The van der Waals surface area contributed by atoms with E-state index in [0.29, 0.717) is 10.2 Å². The van der Waals surface area contributed by atoms with Crippen molar-refractivity contribution in [2.75, 3.05) is 10.7 Å². The molecule has 1 spiro atoms. The van der Waals surface area contributed by atoms with Gasteiger partial charge in [-0.3, -0.25) is 0 Å². The summed E-state index contributed by atoms with van der Waals surface area (Å²) in [5.74, 6) is -0.520. The number of thioether (sulfide) groups is 1. The van der Waals surface area contributed by atoms with E-state index in [1.54, 1.807) is 0 Å². The van der Waals surface area contributed by atoms with Gasteiger partial charge in [-0.05, 0) is 49.2 Å². The van der Waals surface area contributed by atoms with E-state index in [1.807, 2.05) is 54.6 Å². The Hall–Kier alpha value is -2.31. The number of carbonyl (C=O) groups excluding carboxylic acids is 1. The summed E-state index contributed by atoms with van der Waals surface area (Å²) >= 11 is 7.18. The number of nitrogens with zero attached hydrogens (tertiary/aromatic N) is 3. The van der Waals surface area contributed by atoms with Gasteiger partial charge in [-0.2, -0.15) is 0 Å². The third-order valence-electron chi connectivity index (χ3n) is 5.06. The highest BCUT2D eigenvalue weighted by Crippen LogP contribution is 2.45. The number of carboxylic acid groups (broad SMARTS) is 1. The zero-order chi connectivity index (χ0) is 19.6. The van der Waals surface area contributed by atoms with Crippen LogP contribution >= 0.6 is 23.4 Å². The van der Waals surface area contributed by atoms with Crippen LogP contribution in [0.3, 0.4) is 0 Å². The van der Waals surface area contributed by atoms with E-state index in [9.17, 15) is 9.90 Å². The second-order valence-electron chi connectivity index (χ2n) is 6.88. The first kappa shape index (κ1) is 19.0. The van der Waals surface area contributed by atoms with Crippen LogP contribution in [0.5, 0.6) is 0 Å². The lowest BCUT2D eigenvalue weighted by Gasteiger charge is -2.36. The normalized spacial score (nSPS) is 19.4. The molecule has 0 bridgehead atoms. The monoisotopic (exact) mass is 412 g/mol. The van der Waals surface area contributed by atoms with Gasteiger partial charge in [-0.1, -0.05) is 54.4 Å². The number of amidine groups is 2. The van der Waals surface area contributed by atoms with Crippen LogP contribution in [-0.2, 0) is 4.79 Å². The van der Waals surface area contributed by atoms with Gasteiger partial charge in [-0.25, -0.2) is 9.98 Å². The largest absolute Gasteiger partial charge is 0.549 e. The number of halogens is 1. The molecule has 0 saturated heterocycles. The quantitative estimate of drug-likeness (QED) is 0.759. The predicted molar refractivity (Wildman–Crippen MR) is 114 cm³/mol. The summed E-state index contributed by atoms with van der Waals surface area (Å²) in [5.41, 5.74) is 1.43. The summed E-state index contributed by atoms with van der Waals surface area (Å²) < 4.78 is 0. The van der Waals surface area contributed by atoms with Crippen molar-refractivity contribution in [1.29, 1.82) is 0 Å². The maximum atomic E-state index is 11.1. The third-order valence-corrected chi connectivity index (χ3v) is 6.23. The number of para-hydroxylation sites is 1. The van der Waals surface area contributed by atoms with E-state index in [4.69, 9.17) is 21.6 Å². The fourth-order valence-corrected chi connectivity index (χ4v) is 4.79. The SMILES string of the molecule is O=C([O-])CSC1=NC(=Nc2ccc(Cl)cc2)C2(CCCC2)N1c1ccccc1. The second kappa shape index (κ2) is 7.97. The van der Waals surface area contributed by atoms with Crippen molar-refractivity contribution in [1.82, 2.24) is 0 Å². The highest BCUT2D eigenvalue weighted by Gasteiger charge is 2.50. The lowest BCUT2D eigenvalue weighted by Crippen LogP contribution is -2.49. The van der Waals surface area contributed by atoms with Crippen LogP contribution in [-0.4, -0.2) is 28.3 Å². The number of carboxylic acids is 1. The minimum Gasteiger partial charge on any atom is -0.549 e. The van der Waals surface area contributed by atoms with Crippen LogP contribution < -0.4 is 10.0 Å². The Balaban J connectivity index is 1.80. The molecule has 7 heteroatoms. The molecular formula is C21H19ClN3O2S-. The molecule has 0 aromatic heterocycles. The van der Waals surface area contributed by atoms with Crippen molar-refractivity contribution in [3.8, 4) is 0 Å². The standard InChI is InChI=1S/C21H20ClN3O2S/c22-15-8-10-16(11-9-15)23-19-21(12-4-5-13-21)25(17-6-2-1-3-7-17)20(24-19)28-14-18(26)27/h1-3,6-11H,4-5,12-14H2,(H,26,27)/p-1. The van der Waals surface area contributed by atoms with E-state index in [0.717, 1.165) is 42.9 Å². The molecule has 1 saturated carbocycles. The van der Waals surface area contributed by atoms with Gasteiger partial charge in [-0.15, -0.1) is 0 Å². The van der Waals surface area contributed by atoms with Crippen LogP contribution in [0, 0.1) is 0 Å². The smallest absolute Gasteiger partial charge is 0.171 e. The molecule has 2 aromatic rings. The van der Waals surface area contributed by atoms with Gasteiger partial charge in [0, 0.05) is 16.5 Å². The third kappa shape index (κ3) is 3.66. The first-order valence-electron chi connectivity index (χ1n) is 9.20. The van der Waals surface area contributed by atoms with Gasteiger partial charge in [0.25, 0.3) is 0 Å². The molecule has 1 fully saturated rings. The second-order valence-corrected chi connectivity index (χ2v) is 8.26. The first-order chi connectivity index (χ1) is 13.6. The number of carbonyl (C=O) groups is 1. The van der Waals surface area contributed by atoms with Crippen LogP contribution in [0.25, 0.3) is 0 Å². The molecule has 4 rings (SSSR count). The Morgan fingerprint density at radius 2 is 1.82 bits per heavy atom. The highest BCUT2D eigenvalue weighted by molar-refractivity contribution is 8.14. The fraction of sp³-hybridized carbons (Fsp3) is 0.286. The van der Waals surface area contributed by atoms with E-state index < -0.39 is 5.97 Å². The Morgan fingerprint density at radius 3 is 2.46 bits per heavy atom. The van der Waals surface area contributed by atoms with Crippen LogP contribution in [0.1, 0.15) is 25.7 Å². The molecule has 0 unspecified atom stereocenters. The Morgan fingerprint density at radius 1 is 1.14 bits per heavy atom. The van der Waals surface area contributed by atoms with Crippen molar-refractivity contribution in [2.24, 2.45) is 9.98 Å². The Bertz CT molecular complexity index is 922. The van der Waals surface area contributed by atoms with Gasteiger partial charge < -0.3 is 14.8 Å². The molecule has 2 aliphatic rings. The van der Waals surface area contributed by atoms with Crippen molar-refractivity contribution < 1.29 is 9.90 Å². The average molecular weight is 413 g/mol. The van der Waals surface area contributed by atoms with E-state index >= 15 is 0 Å². The van der Waals surface area contributed by atoms with Crippen LogP contribution in [0.2, 0.25) is 5.02 Å². The number of hydrogen-bond donors (Lipinski definition) is 0. The highest BCUT2D eigenvalue weighted by atomic mass is 35.5. The average Bonchev–Trinajstić information content (AvgIpc) is 3.29. The predicted octanol–water partition coefficient (Wildman–Crippen LogP) is 4.04. The summed E-state index contributed by atoms with van der Waals surface area (Å²) in [6.45, 7) is 0. The maximum absolute atomic E-state index is 11.1. The minimum absolute atomic E-state index is 0.146. The lowest BCUT2D eigenvalue weighted by molar-refractivity contribution is -0.301. The van der Waals surface area contributed by atoms with Crippen molar-refractivity contribution in [3.63, 3.8) is 0 Å². The van der Waals surface area contributed by atoms with Gasteiger partial charge in [0.15, 0.2) is 11.0 Å². The van der Waals surface area contributed by atoms with E-state index in [2.05, 4.69) is 4.90 Å². The molecule has 28 heavy (non-hydrogen) atoms. The molecule has 5 nitrogen and oxygen atoms in total. The number of hydrogen-bond acceptors (Lipinski definition) is 5. The molecule has 0 amide bonds. The number of aliphatic imine (C=N–C) groups is 2. The summed E-state index contributed by atoms with van der Waals surface area (Å²) in [6.07, 6.45) is 4.01. The zero-order valence-electron chi connectivity index (χ0n) is 15.2. The number of anilines is 1. The minimum atomic E-state index is -1.11. The van der Waals surface area contributed by atoms with Crippen LogP contribution in [0.15, 0.2) is 64.6 Å². The molecule has 1 heterocycles. The Labute approximate surface area is 173 Å². The first-order valence-corrected chi connectivity index (χ1v) is 10.6. The van der Waals surface area contributed by atoms with Gasteiger partial charge >= 0.3 is 0 Å². The molecular weight excluding hydrogens is 394 g/mol. The summed E-state index contributed by atoms with van der Waals surface area (Å²) in [6, 6.07) is 17.3. The summed E-state index contributed by atoms with van der Waals surface area (Å²) in [5, 5.41) is 12.4. The fourth-order valence-electron chi connectivity index (χ4n) is 3.86. The van der Waals surface area contributed by atoms with Gasteiger partial charge in [0.2, 0.25) is 0 Å². The summed E-state index contributed by atoms with van der Waals surface area (Å²) in [7, 11) is 0. The zero-order valence-corrected chi connectivity index (χ0v) is 16.7. The number of rotatable bonds is 4. The van der Waals surface area contributed by atoms with Crippen molar-refractivity contribution >= 4 is 51.7 Å².